The second-order valence-electron chi connectivity index (χ2n) is 5.78. The lowest BCUT2D eigenvalue weighted by molar-refractivity contribution is 0.696. The van der Waals surface area contributed by atoms with Gasteiger partial charge in [-0.25, -0.2) is 9.78 Å². The van der Waals surface area contributed by atoms with E-state index in [-0.39, 0.29) is 17.4 Å². The van der Waals surface area contributed by atoms with Crippen LogP contribution in [0.4, 0.5) is 10.9 Å². The molecule has 0 amide bonds. The Labute approximate surface area is 148 Å². The summed E-state index contributed by atoms with van der Waals surface area (Å²) in [5, 5.41) is 5.76. The molecule has 0 fully saturated rings. The standard InChI is InChI=1S/C17H19N5O2S/c1-10(11-7-5-4-6-8-11)19-16-20-12(9-25-16)13-14(18)21(2)17(24)22(3)15(13)23/h4-10H,18H2,1-3H3,(H,19,20)/t10-/m0/s1. The monoisotopic (exact) mass is 357 g/mol. The first kappa shape index (κ1) is 17.0. The lowest BCUT2D eigenvalue weighted by Gasteiger charge is -2.13. The molecule has 130 valence electrons. The number of nitrogens with one attached hydrogen (secondary N) is 1. The van der Waals surface area contributed by atoms with E-state index in [0.29, 0.717) is 10.8 Å². The fourth-order valence-corrected chi connectivity index (χ4v) is 3.36. The highest BCUT2D eigenvalue weighted by molar-refractivity contribution is 7.14. The van der Waals surface area contributed by atoms with E-state index in [1.807, 2.05) is 37.3 Å². The Morgan fingerprint density at radius 1 is 1.16 bits per heavy atom. The van der Waals surface area contributed by atoms with Crippen LogP contribution in [0.2, 0.25) is 0 Å². The van der Waals surface area contributed by atoms with Crippen LogP contribution in [0.5, 0.6) is 0 Å². The number of hydrogen-bond acceptors (Lipinski definition) is 6. The van der Waals surface area contributed by atoms with Gasteiger partial charge in [0.1, 0.15) is 11.4 Å². The van der Waals surface area contributed by atoms with Crippen molar-refractivity contribution in [3.8, 4) is 11.3 Å². The Kier molecular flexibility index (Phi) is 4.45. The average molecular weight is 357 g/mol. The van der Waals surface area contributed by atoms with E-state index in [4.69, 9.17) is 5.73 Å². The number of benzene rings is 1. The number of thiazole rings is 1. The minimum absolute atomic E-state index is 0.0699. The van der Waals surface area contributed by atoms with Crippen LogP contribution in [-0.2, 0) is 14.1 Å². The fraction of sp³-hybridized carbons (Fsp3) is 0.235. The van der Waals surface area contributed by atoms with Gasteiger partial charge in [0.15, 0.2) is 5.13 Å². The minimum atomic E-state index is -0.461. The number of rotatable bonds is 4. The average Bonchev–Trinajstić information content (AvgIpc) is 3.07. The molecule has 0 spiro atoms. The van der Waals surface area contributed by atoms with Crippen LogP contribution in [0, 0.1) is 0 Å². The Hall–Kier alpha value is -2.87. The SMILES string of the molecule is C[C@H](Nc1nc(-c2c(N)n(C)c(=O)n(C)c2=O)cs1)c1ccccc1. The molecule has 3 N–H and O–H groups in total. The lowest BCUT2D eigenvalue weighted by atomic mass is 10.1. The molecular weight excluding hydrogens is 338 g/mol. The molecular formula is C17H19N5O2S. The van der Waals surface area contributed by atoms with Crippen molar-refractivity contribution in [1.29, 1.82) is 0 Å². The Balaban J connectivity index is 1.95. The fourth-order valence-electron chi connectivity index (χ4n) is 2.57. The van der Waals surface area contributed by atoms with Crippen molar-refractivity contribution < 1.29 is 0 Å². The van der Waals surface area contributed by atoms with Gasteiger partial charge in [-0.15, -0.1) is 11.3 Å². The highest BCUT2D eigenvalue weighted by atomic mass is 32.1. The van der Waals surface area contributed by atoms with Gasteiger partial charge in [0.2, 0.25) is 0 Å². The molecule has 0 unspecified atom stereocenters. The zero-order valence-electron chi connectivity index (χ0n) is 14.2. The molecule has 2 aromatic heterocycles. The summed E-state index contributed by atoms with van der Waals surface area (Å²) < 4.78 is 2.28. The third-order valence-corrected chi connectivity index (χ3v) is 4.88. The van der Waals surface area contributed by atoms with E-state index in [0.717, 1.165) is 10.1 Å². The minimum Gasteiger partial charge on any atom is -0.384 e. The smallest absolute Gasteiger partial charge is 0.332 e. The van der Waals surface area contributed by atoms with Gasteiger partial charge in [-0.2, -0.15) is 0 Å². The van der Waals surface area contributed by atoms with Gasteiger partial charge >= 0.3 is 5.69 Å². The van der Waals surface area contributed by atoms with Crippen LogP contribution >= 0.6 is 11.3 Å². The van der Waals surface area contributed by atoms with Crippen LogP contribution in [0.3, 0.4) is 0 Å². The lowest BCUT2D eigenvalue weighted by Crippen LogP contribution is -2.39. The van der Waals surface area contributed by atoms with Crippen molar-refractivity contribution in [3.05, 3.63) is 62.1 Å². The van der Waals surface area contributed by atoms with Gasteiger partial charge in [0, 0.05) is 19.5 Å². The molecule has 0 aliphatic rings. The molecule has 0 saturated carbocycles. The first-order valence-electron chi connectivity index (χ1n) is 7.73. The van der Waals surface area contributed by atoms with Gasteiger partial charge in [-0.3, -0.25) is 13.9 Å². The molecule has 0 saturated heterocycles. The maximum atomic E-state index is 12.4. The maximum absolute atomic E-state index is 12.4. The van der Waals surface area contributed by atoms with Crippen LogP contribution in [0.25, 0.3) is 11.3 Å². The van der Waals surface area contributed by atoms with Gasteiger partial charge in [0.05, 0.1) is 11.7 Å². The number of nitrogens with two attached hydrogens (primary N) is 1. The molecule has 25 heavy (non-hydrogen) atoms. The van der Waals surface area contributed by atoms with Gasteiger partial charge in [-0.05, 0) is 12.5 Å². The molecule has 3 aromatic rings. The summed E-state index contributed by atoms with van der Waals surface area (Å²) in [4.78, 5) is 28.8. The Morgan fingerprint density at radius 2 is 1.84 bits per heavy atom. The normalized spacial score (nSPS) is 12.1. The van der Waals surface area contributed by atoms with E-state index < -0.39 is 11.2 Å². The van der Waals surface area contributed by atoms with Crippen LogP contribution in [0.1, 0.15) is 18.5 Å². The summed E-state index contributed by atoms with van der Waals surface area (Å²) in [5.41, 5.74) is 6.90. The predicted molar refractivity (Wildman–Crippen MR) is 101 cm³/mol. The third kappa shape index (κ3) is 3.08. The van der Waals surface area contributed by atoms with E-state index in [2.05, 4.69) is 10.3 Å². The first-order chi connectivity index (χ1) is 11.9. The Bertz CT molecular complexity index is 1020. The maximum Gasteiger partial charge on any atom is 0.332 e. The predicted octanol–water partition coefficient (Wildman–Crippen LogP) is 1.96. The van der Waals surface area contributed by atoms with E-state index in [1.54, 1.807) is 5.38 Å². The van der Waals surface area contributed by atoms with Crippen LogP contribution < -0.4 is 22.3 Å². The van der Waals surface area contributed by atoms with Crippen molar-refractivity contribution in [2.24, 2.45) is 14.1 Å². The molecule has 0 radical (unpaired) electrons. The molecule has 2 heterocycles. The summed E-state index contributed by atoms with van der Waals surface area (Å²) in [6, 6.07) is 10.1. The third-order valence-electron chi connectivity index (χ3n) is 4.11. The number of aromatic nitrogens is 3. The van der Waals surface area contributed by atoms with Gasteiger partial charge in [-0.1, -0.05) is 30.3 Å². The quantitative estimate of drug-likeness (QED) is 0.744. The van der Waals surface area contributed by atoms with Crippen molar-refractivity contribution in [2.75, 3.05) is 11.1 Å². The highest BCUT2D eigenvalue weighted by Crippen LogP contribution is 2.28. The van der Waals surface area contributed by atoms with Crippen molar-refractivity contribution in [1.82, 2.24) is 14.1 Å². The summed E-state index contributed by atoms with van der Waals surface area (Å²) in [5.74, 6) is 0.112. The molecule has 0 aliphatic heterocycles. The first-order valence-corrected chi connectivity index (χ1v) is 8.61. The molecule has 1 aromatic carbocycles. The molecule has 0 bridgehead atoms. The van der Waals surface area contributed by atoms with E-state index in [1.165, 1.54) is 30.0 Å². The number of nitrogen functional groups attached to an aromatic ring is 1. The molecule has 3 rings (SSSR count). The van der Waals surface area contributed by atoms with Crippen molar-refractivity contribution >= 4 is 22.3 Å². The topological polar surface area (TPSA) is 94.9 Å². The number of anilines is 2. The largest absolute Gasteiger partial charge is 0.384 e. The number of hydrogen-bond donors (Lipinski definition) is 2. The van der Waals surface area contributed by atoms with Crippen molar-refractivity contribution in [2.45, 2.75) is 13.0 Å². The second kappa shape index (κ2) is 6.56. The number of nitrogens with zero attached hydrogens (tertiary/aromatic N) is 3. The molecule has 1 atom stereocenters. The van der Waals surface area contributed by atoms with Crippen LogP contribution in [0.15, 0.2) is 45.3 Å². The molecule has 0 aliphatic carbocycles. The molecule has 7 nitrogen and oxygen atoms in total. The summed E-state index contributed by atoms with van der Waals surface area (Å²) in [7, 11) is 2.96. The Morgan fingerprint density at radius 3 is 2.52 bits per heavy atom. The summed E-state index contributed by atoms with van der Waals surface area (Å²) >= 11 is 1.39. The second-order valence-corrected chi connectivity index (χ2v) is 6.64. The summed E-state index contributed by atoms with van der Waals surface area (Å²) in [6.07, 6.45) is 0. The van der Waals surface area contributed by atoms with E-state index in [9.17, 15) is 9.59 Å². The van der Waals surface area contributed by atoms with E-state index >= 15 is 0 Å². The van der Waals surface area contributed by atoms with Crippen molar-refractivity contribution in [3.63, 3.8) is 0 Å². The zero-order valence-corrected chi connectivity index (χ0v) is 15.0. The van der Waals surface area contributed by atoms with Gasteiger partial charge in [0.25, 0.3) is 5.56 Å². The van der Waals surface area contributed by atoms with Gasteiger partial charge < -0.3 is 11.1 Å². The molecule has 8 heteroatoms. The zero-order chi connectivity index (χ0) is 18.1. The highest BCUT2D eigenvalue weighted by Gasteiger charge is 2.18. The van der Waals surface area contributed by atoms with Crippen LogP contribution in [-0.4, -0.2) is 14.1 Å². The summed E-state index contributed by atoms with van der Waals surface area (Å²) in [6.45, 7) is 2.04.